The van der Waals surface area contributed by atoms with Crippen LogP contribution in [-0.4, -0.2) is 16.4 Å². The minimum absolute atomic E-state index is 0.104. The van der Waals surface area contributed by atoms with E-state index in [-0.39, 0.29) is 22.6 Å². The molecule has 1 aromatic heterocycles. The number of hydrogen-bond donors (Lipinski definition) is 1. The van der Waals surface area contributed by atoms with E-state index in [0.717, 1.165) is 0 Å². The highest BCUT2D eigenvalue weighted by atomic mass is 32.2. The maximum atomic E-state index is 12.2. The van der Waals surface area contributed by atoms with Crippen molar-refractivity contribution < 1.29 is 18.0 Å². The standard InChI is InChI=1S/C13H9F3N2OS2/c14-13(15,16)21-10-4-1-9(2-5-10)3-6-11(19)18-12-17-7-8-20-12/h1-8H,(H,17,18,19)/b6-3+. The van der Waals surface area contributed by atoms with E-state index in [1.54, 1.807) is 11.6 Å². The first-order chi connectivity index (χ1) is 9.92. The summed E-state index contributed by atoms with van der Waals surface area (Å²) in [6.07, 6.45) is 4.39. The third-order valence-electron chi connectivity index (χ3n) is 2.20. The van der Waals surface area contributed by atoms with Gasteiger partial charge in [0, 0.05) is 22.5 Å². The Morgan fingerprint density at radius 1 is 1.29 bits per heavy atom. The number of carbonyl (C=O) groups is 1. The van der Waals surface area contributed by atoms with E-state index in [2.05, 4.69) is 10.3 Å². The quantitative estimate of drug-likeness (QED) is 0.667. The fourth-order valence-corrected chi connectivity index (χ4v) is 2.46. The minimum atomic E-state index is -4.30. The number of aromatic nitrogens is 1. The van der Waals surface area contributed by atoms with Crippen LogP contribution in [0.25, 0.3) is 6.08 Å². The van der Waals surface area contributed by atoms with Crippen molar-refractivity contribution in [2.24, 2.45) is 0 Å². The van der Waals surface area contributed by atoms with Crippen molar-refractivity contribution in [1.29, 1.82) is 0 Å². The van der Waals surface area contributed by atoms with Gasteiger partial charge >= 0.3 is 5.51 Å². The van der Waals surface area contributed by atoms with Gasteiger partial charge in [0.2, 0.25) is 5.91 Å². The summed E-state index contributed by atoms with van der Waals surface area (Å²) in [5.41, 5.74) is -3.67. The van der Waals surface area contributed by atoms with E-state index in [9.17, 15) is 18.0 Å². The van der Waals surface area contributed by atoms with Gasteiger partial charge in [-0.25, -0.2) is 4.98 Å². The molecule has 0 aliphatic heterocycles. The van der Waals surface area contributed by atoms with Crippen LogP contribution < -0.4 is 5.32 Å². The highest BCUT2D eigenvalue weighted by Crippen LogP contribution is 2.36. The van der Waals surface area contributed by atoms with Crippen LogP contribution in [0, 0.1) is 0 Å². The molecule has 0 saturated heterocycles. The molecule has 2 aromatic rings. The normalized spacial score (nSPS) is 11.8. The Balaban J connectivity index is 1.93. The lowest BCUT2D eigenvalue weighted by Crippen LogP contribution is -2.06. The second-order valence-corrected chi connectivity index (χ2v) is 5.81. The molecule has 0 fully saturated rings. The van der Waals surface area contributed by atoms with Gasteiger partial charge in [0.15, 0.2) is 5.13 Å². The van der Waals surface area contributed by atoms with Crippen LogP contribution in [-0.2, 0) is 4.79 Å². The summed E-state index contributed by atoms with van der Waals surface area (Å²) in [5, 5.41) is 4.78. The Labute approximate surface area is 126 Å². The molecule has 1 aromatic carbocycles. The molecular formula is C13H9F3N2OS2. The molecule has 1 heterocycles. The zero-order valence-electron chi connectivity index (χ0n) is 10.4. The maximum absolute atomic E-state index is 12.2. The molecule has 0 bridgehead atoms. The topological polar surface area (TPSA) is 42.0 Å². The SMILES string of the molecule is O=C(/C=C/c1ccc(SC(F)(F)F)cc1)Nc1nccs1. The van der Waals surface area contributed by atoms with E-state index >= 15 is 0 Å². The van der Waals surface area contributed by atoms with Crippen molar-refractivity contribution in [3.05, 3.63) is 47.5 Å². The highest BCUT2D eigenvalue weighted by Gasteiger charge is 2.28. The first-order valence-electron chi connectivity index (χ1n) is 5.67. The zero-order valence-corrected chi connectivity index (χ0v) is 12.1. The van der Waals surface area contributed by atoms with Crippen molar-refractivity contribution in [1.82, 2.24) is 4.98 Å². The fraction of sp³-hybridized carbons (Fsp3) is 0.0769. The number of amides is 1. The molecular weight excluding hydrogens is 321 g/mol. The van der Waals surface area contributed by atoms with E-state index < -0.39 is 5.51 Å². The van der Waals surface area contributed by atoms with Crippen molar-refractivity contribution in [3.8, 4) is 0 Å². The summed E-state index contributed by atoms with van der Waals surface area (Å²) in [7, 11) is 0. The Hall–Kier alpha value is -1.80. The summed E-state index contributed by atoms with van der Waals surface area (Å²) in [5.74, 6) is -0.348. The van der Waals surface area contributed by atoms with Gasteiger partial charge in [-0.2, -0.15) is 13.2 Å². The van der Waals surface area contributed by atoms with E-state index in [0.29, 0.717) is 10.7 Å². The smallest absolute Gasteiger partial charge is 0.298 e. The molecule has 0 atom stereocenters. The molecule has 2 rings (SSSR count). The van der Waals surface area contributed by atoms with E-state index in [4.69, 9.17) is 0 Å². The average Bonchev–Trinajstić information content (AvgIpc) is 2.89. The average molecular weight is 330 g/mol. The Morgan fingerprint density at radius 3 is 2.57 bits per heavy atom. The second kappa shape index (κ2) is 6.77. The monoisotopic (exact) mass is 330 g/mol. The number of carbonyl (C=O) groups excluding carboxylic acids is 1. The van der Waals surface area contributed by atoms with Crippen LogP contribution in [0.5, 0.6) is 0 Å². The molecule has 1 N–H and O–H groups in total. The summed E-state index contributed by atoms with van der Waals surface area (Å²) >= 11 is 1.12. The Kier molecular flexibility index (Phi) is 5.03. The number of nitrogens with one attached hydrogen (secondary N) is 1. The third kappa shape index (κ3) is 5.60. The molecule has 110 valence electrons. The van der Waals surface area contributed by atoms with Gasteiger partial charge < -0.3 is 0 Å². The number of benzene rings is 1. The number of halogens is 3. The first kappa shape index (κ1) is 15.6. The summed E-state index contributed by atoms with van der Waals surface area (Å²) < 4.78 is 36.5. The van der Waals surface area contributed by atoms with Crippen molar-refractivity contribution >= 4 is 40.2 Å². The maximum Gasteiger partial charge on any atom is 0.446 e. The number of rotatable bonds is 4. The van der Waals surface area contributed by atoms with Gasteiger partial charge in [0.25, 0.3) is 0 Å². The lowest BCUT2D eigenvalue weighted by molar-refractivity contribution is -0.111. The van der Waals surface area contributed by atoms with Crippen LogP contribution in [0.3, 0.4) is 0 Å². The molecule has 8 heteroatoms. The zero-order chi connectivity index (χ0) is 15.3. The van der Waals surface area contributed by atoms with Crippen LogP contribution in [0.2, 0.25) is 0 Å². The summed E-state index contributed by atoms with van der Waals surface area (Å²) in [6, 6.07) is 5.75. The van der Waals surface area contributed by atoms with Crippen molar-refractivity contribution in [3.63, 3.8) is 0 Å². The number of nitrogens with zero attached hydrogens (tertiary/aromatic N) is 1. The van der Waals surface area contributed by atoms with Gasteiger partial charge in [0.05, 0.1) is 0 Å². The largest absolute Gasteiger partial charge is 0.446 e. The number of hydrogen-bond acceptors (Lipinski definition) is 4. The van der Waals surface area contributed by atoms with Crippen molar-refractivity contribution in [2.45, 2.75) is 10.4 Å². The number of thiazole rings is 1. The number of thioether (sulfide) groups is 1. The van der Waals surface area contributed by atoms with Crippen molar-refractivity contribution in [2.75, 3.05) is 5.32 Å². The lowest BCUT2D eigenvalue weighted by atomic mass is 10.2. The number of alkyl halides is 3. The Bertz CT molecular complexity index is 622. The molecule has 0 radical (unpaired) electrons. The summed E-state index contributed by atoms with van der Waals surface area (Å²) in [6.45, 7) is 0. The molecule has 3 nitrogen and oxygen atoms in total. The van der Waals surface area contributed by atoms with Gasteiger partial charge in [-0.3, -0.25) is 10.1 Å². The van der Waals surface area contributed by atoms with Gasteiger partial charge in [-0.1, -0.05) is 12.1 Å². The van der Waals surface area contributed by atoms with Crippen LogP contribution in [0.15, 0.2) is 46.8 Å². The molecule has 0 spiro atoms. The lowest BCUT2D eigenvalue weighted by Gasteiger charge is -2.05. The molecule has 0 saturated carbocycles. The van der Waals surface area contributed by atoms with Gasteiger partial charge in [-0.15, -0.1) is 11.3 Å². The molecule has 1 amide bonds. The fourth-order valence-electron chi connectivity index (χ4n) is 1.38. The summed E-state index contributed by atoms with van der Waals surface area (Å²) in [4.78, 5) is 15.6. The van der Waals surface area contributed by atoms with Crippen LogP contribution in [0.4, 0.5) is 18.3 Å². The van der Waals surface area contributed by atoms with E-state index in [1.807, 2.05) is 0 Å². The van der Waals surface area contributed by atoms with Crippen LogP contribution in [0.1, 0.15) is 5.56 Å². The Morgan fingerprint density at radius 2 is 2.00 bits per heavy atom. The molecule has 0 aliphatic carbocycles. The van der Waals surface area contributed by atoms with Crippen LogP contribution >= 0.6 is 23.1 Å². The highest BCUT2D eigenvalue weighted by molar-refractivity contribution is 8.00. The first-order valence-corrected chi connectivity index (χ1v) is 7.36. The molecule has 21 heavy (non-hydrogen) atoms. The van der Waals surface area contributed by atoms with Gasteiger partial charge in [0.1, 0.15) is 0 Å². The predicted octanol–water partition coefficient (Wildman–Crippen LogP) is 4.41. The van der Waals surface area contributed by atoms with E-state index in [1.165, 1.54) is 47.8 Å². The minimum Gasteiger partial charge on any atom is -0.298 e. The predicted molar refractivity (Wildman–Crippen MR) is 78.1 cm³/mol. The third-order valence-corrected chi connectivity index (χ3v) is 3.63. The molecule has 0 aliphatic rings. The number of anilines is 1. The van der Waals surface area contributed by atoms with Gasteiger partial charge in [-0.05, 0) is 35.5 Å². The molecule has 0 unspecified atom stereocenters. The second-order valence-electron chi connectivity index (χ2n) is 3.78.